The Balaban J connectivity index is 2.53. The minimum Gasteiger partial charge on any atom is -0.478 e. The summed E-state index contributed by atoms with van der Waals surface area (Å²) >= 11 is 0. The molecule has 0 spiro atoms. The van der Waals surface area contributed by atoms with Crippen molar-refractivity contribution >= 4 is 35.3 Å². The van der Waals surface area contributed by atoms with Gasteiger partial charge in [0.1, 0.15) is 0 Å². The van der Waals surface area contributed by atoms with Gasteiger partial charge >= 0.3 is 23.9 Å². The summed E-state index contributed by atoms with van der Waals surface area (Å²) in [7, 11) is 0. The topological polar surface area (TPSA) is 124 Å². The highest BCUT2D eigenvalue weighted by molar-refractivity contribution is 6.11. The molecule has 0 amide bonds. The first-order chi connectivity index (χ1) is 18.4. The molecule has 0 heterocycles. The van der Waals surface area contributed by atoms with E-state index in [4.69, 9.17) is 4.74 Å². The van der Waals surface area contributed by atoms with Crippen LogP contribution in [0.1, 0.15) is 125 Å². The largest absolute Gasteiger partial charge is 0.478 e. The van der Waals surface area contributed by atoms with Gasteiger partial charge in [0.25, 0.3) is 0 Å². The number of aromatic carboxylic acids is 2. The SMILES string of the molecule is CC(C)(C)N(c1ccc(C(=O)OC(=O)c2ccc(N(C(C)(C)C)C(C)(C)C)cc2C(=O)O)c(C(=O)O)c1)C(C)(C)C. The fourth-order valence-corrected chi connectivity index (χ4v) is 5.81. The molecule has 224 valence electrons. The van der Waals surface area contributed by atoms with Crippen LogP contribution in [0.3, 0.4) is 0 Å². The molecule has 0 aliphatic rings. The smallest absolute Gasteiger partial charge is 0.346 e. The van der Waals surface area contributed by atoms with E-state index in [0.29, 0.717) is 11.4 Å². The molecule has 0 aliphatic heterocycles. The predicted molar refractivity (Wildman–Crippen MR) is 161 cm³/mol. The molecule has 0 saturated heterocycles. The second kappa shape index (κ2) is 11.2. The second-order valence-electron chi connectivity index (χ2n) is 14.1. The first-order valence-corrected chi connectivity index (χ1v) is 13.5. The lowest BCUT2D eigenvalue weighted by Crippen LogP contribution is -2.53. The molecular weight excluding hydrogens is 524 g/mol. The van der Waals surface area contributed by atoms with Crippen molar-refractivity contribution in [1.29, 1.82) is 0 Å². The van der Waals surface area contributed by atoms with Crippen LogP contribution in [0, 0.1) is 0 Å². The molecule has 0 saturated carbocycles. The van der Waals surface area contributed by atoms with Gasteiger partial charge in [0.05, 0.1) is 22.3 Å². The monoisotopic (exact) mass is 568 g/mol. The van der Waals surface area contributed by atoms with Crippen LogP contribution >= 0.6 is 0 Å². The highest BCUT2D eigenvalue weighted by Gasteiger charge is 2.35. The minimum atomic E-state index is -1.37. The molecule has 2 rings (SSSR count). The first-order valence-electron chi connectivity index (χ1n) is 13.5. The number of anilines is 2. The van der Waals surface area contributed by atoms with Crippen molar-refractivity contribution in [3.8, 4) is 0 Å². The summed E-state index contributed by atoms with van der Waals surface area (Å²) < 4.78 is 5.04. The van der Waals surface area contributed by atoms with Crippen LogP contribution in [0.4, 0.5) is 11.4 Å². The molecule has 9 nitrogen and oxygen atoms in total. The lowest BCUT2D eigenvalue weighted by Gasteiger charge is -2.47. The first kappa shape index (κ1) is 33.3. The van der Waals surface area contributed by atoms with Gasteiger partial charge in [0, 0.05) is 33.5 Å². The van der Waals surface area contributed by atoms with Gasteiger partial charge in [0.15, 0.2) is 0 Å². The molecular formula is C32H44N2O7. The molecule has 0 unspecified atom stereocenters. The van der Waals surface area contributed by atoms with E-state index < -0.39 is 23.9 Å². The Morgan fingerprint density at radius 1 is 0.512 bits per heavy atom. The molecule has 0 atom stereocenters. The van der Waals surface area contributed by atoms with Crippen LogP contribution in [0.15, 0.2) is 36.4 Å². The van der Waals surface area contributed by atoms with Crippen LogP contribution in [0.2, 0.25) is 0 Å². The van der Waals surface area contributed by atoms with Gasteiger partial charge in [-0.15, -0.1) is 0 Å². The van der Waals surface area contributed by atoms with Crippen LogP contribution in [0.5, 0.6) is 0 Å². The Kier molecular flexibility index (Phi) is 9.09. The quantitative estimate of drug-likeness (QED) is 0.283. The van der Waals surface area contributed by atoms with Crippen molar-refractivity contribution in [2.24, 2.45) is 0 Å². The van der Waals surface area contributed by atoms with E-state index in [2.05, 4.69) is 0 Å². The summed E-state index contributed by atoms with van der Waals surface area (Å²) in [6.45, 7) is 23.9. The van der Waals surface area contributed by atoms with E-state index in [1.54, 1.807) is 12.1 Å². The maximum Gasteiger partial charge on any atom is 0.346 e. The number of carbonyl (C=O) groups excluding carboxylic acids is 2. The van der Waals surface area contributed by atoms with Crippen molar-refractivity contribution in [2.75, 3.05) is 9.80 Å². The standard InChI is InChI=1S/C32H44N2O7/c1-29(2,3)33(30(4,5)6)19-13-15-21(23(17-19)25(35)36)27(39)41-28(40)22-16-14-20(18-24(22)26(37)38)34(31(7,8)9)32(10,11)12/h13-18H,1-12H3,(H,35,36)(H,37,38). The zero-order valence-corrected chi connectivity index (χ0v) is 26.3. The Hall–Kier alpha value is -3.88. The average molecular weight is 569 g/mol. The Labute approximate surface area is 243 Å². The number of hydrogen-bond acceptors (Lipinski definition) is 7. The maximum absolute atomic E-state index is 13.1. The van der Waals surface area contributed by atoms with E-state index in [1.807, 2.05) is 92.9 Å². The number of nitrogens with zero attached hydrogens (tertiary/aromatic N) is 2. The van der Waals surface area contributed by atoms with Gasteiger partial charge in [-0.1, -0.05) is 0 Å². The summed E-state index contributed by atoms with van der Waals surface area (Å²) in [5.41, 5.74) is -1.65. The number of rotatable bonds is 6. The molecule has 0 aromatic heterocycles. The highest BCUT2D eigenvalue weighted by Crippen LogP contribution is 2.35. The van der Waals surface area contributed by atoms with Gasteiger partial charge in [-0.3, -0.25) is 0 Å². The normalized spacial score (nSPS) is 12.5. The van der Waals surface area contributed by atoms with E-state index in [1.165, 1.54) is 24.3 Å². The molecule has 2 N–H and O–H groups in total. The Morgan fingerprint density at radius 2 is 0.780 bits per heavy atom. The van der Waals surface area contributed by atoms with Gasteiger partial charge < -0.3 is 24.7 Å². The van der Waals surface area contributed by atoms with Crippen LogP contribution in [0.25, 0.3) is 0 Å². The molecule has 0 radical (unpaired) electrons. The number of carbonyl (C=O) groups is 4. The van der Waals surface area contributed by atoms with Crippen molar-refractivity contribution in [1.82, 2.24) is 0 Å². The lowest BCUT2D eigenvalue weighted by molar-refractivity contribution is 0.0386. The highest BCUT2D eigenvalue weighted by atomic mass is 16.6. The third kappa shape index (κ3) is 7.65. The summed E-state index contributed by atoms with van der Waals surface area (Å²) in [5, 5.41) is 19.8. The molecule has 41 heavy (non-hydrogen) atoms. The summed E-state index contributed by atoms with van der Waals surface area (Å²) in [5.74, 6) is -5.12. The summed E-state index contributed by atoms with van der Waals surface area (Å²) in [4.78, 5) is 54.6. The van der Waals surface area contributed by atoms with Gasteiger partial charge in [-0.25, -0.2) is 19.2 Å². The number of benzene rings is 2. The van der Waals surface area contributed by atoms with Crippen LogP contribution in [-0.2, 0) is 4.74 Å². The van der Waals surface area contributed by atoms with Crippen LogP contribution < -0.4 is 9.80 Å². The van der Waals surface area contributed by atoms with Crippen molar-refractivity contribution in [3.05, 3.63) is 58.7 Å². The fraction of sp³-hybridized carbons (Fsp3) is 0.500. The number of carboxylic acid groups (broad SMARTS) is 2. The number of carboxylic acids is 2. The van der Waals surface area contributed by atoms with Crippen molar-refractivity contribution in [2.45, 2.75) is 105 Å². The molecule has 9 heteroatoms. The molecule has 2 aromatic carbocycles. The average Bonchev–Trinajstić information content (AvgIpc) is 2.74. The zero-order valence-electron chi connectivity index (χ0n) is 26.3. The number of hydrogen-bond donors (Lipinski definition) is 2. The predicted octanol–water partition coefficient (Wildman–Crippen LogP) is 6.89. The van der Waals surface area contributed by atoms with E-state index in [0.717, 1.165) is 0 Å². The molecule has 0 fully saturated rings. The van der Waals surface area contributed by atoms with Gasteiger partial charge in [0.2, 0.25) is 0 Å². The zero-order chi connectivity index (χ0) is 31.9. The Bertz CT molecular complexity index is 1220. The number of ether oxygens (including phenoxy) is 1. The van der Waals surface area contributed by atoms with Crippen molar-refractivity contribution < 1.29 is 34.1 Å². The van der Waals surface area contributed by atoms with Crippen LogP contribution in [-0.4, -0.2) is 56.2 Å². The minimum absolute atomic E-state index is 0.322. The fourth-order valence-electron chi connectivity index (χ4n) is 5.81. The van der Waals surface area contributed by atoms with E-state index in [-0.39, 0.29) is 44.4 Å². The third-order valence-corrected chi connectivity index (χ3v) is 6.29. The van der Waals surface area contributed by atoms with E-state index >= 15 is 0 Å². The van der Waals surface area contributed by atoms with Crippen molar-refractivity contribution in [3.63, 3.8) is 0 Å². The molecule has 0 aliphatic carbocycles. The van der Waals surface area contributed by atoms with Gasteiger partial charge in [-0.2, -0.15) is 0 Å². The lowest BCUT2D eigenvalue weighted by atomic mass is 9.93. The van der Waals surface area contributed by atoms with E-state index in [9.17, 15) is 29.4 Å². The second-order valence-corrected chi connectivity index (χ2v) is 14.1. The van der Waals surface area contributed by atoms with Gasteiger partial charge in [-0.05, 0) is 119 Å². The third-order valence-electron chi connectivity index (χ3n) is 6.29. The Morgan fingerprint density at radius 3 is 1.00 bits per heavy atom. The molecule has 0 bridgehead atoms. The summed E-state index contributed by atoms with van der Waals surface area (Å²) in [6.07, 6.45) is 0. The molecule has 2 aromatic rings. The summed E-state index contributed by atoms with van der Waals surface area (Å²) in [6, 6.07) is 8.59. The maximum atomic E-state index is 13.1. The number of esters is 2.